The van der Waals surface area contributed by atoms with Gasteiger partial charge in [0.1, 0.15) is 0 Å². The molecule has 5 aromatic carbocycles. The number of esters is 2. The van der Waals surface area contributed by atoms with Gasteiger partial charge in [-0.2, -0.15) is 0 Å². The largest absolute Gasteiger partial charge is 0.469 e. The van der Waals surface area contributed by atoms with Crippen molar-refractivity contribution in [1.29, 1.82) is 0 Å². The Bertz CT molecular complexity index is 1710. The summed E-state index contributed by atoms with van der Waals surface area (Å²) in [7, 11) is 2.61. The van der Waals surface area contributed by atoms with Crippen molar-refractivity contribution >= 4 is 39.3 Å². The molecule has 1 saturated carbocycles. The third-order valence-electron chi connectivity index (χ3n) is 9.07. The van der Waals surface area contributed by atoms with E-state index in [1.807, 2.05) is 109 Å². The van der Waals surface area contributed by atoms with E-state index in [4.69, 9.17) is 9.47 Å². The van der Waals surface area contributed by atoms with E-state index in [0.29, 0.717) is 11.1 Å². The minimum atomic E-state index is -1.48. The fourth-order valence-corrected chi connectivity index (χ4v) is 7.78. The molecule has 0 N–H and O–H groups in total. The van der Waals surface area contributed by atoms with E-state index in [-0.39, 0.29) is 5.78 Å². The predicted octanol–water partition coefficient (Wildman–Crippen LogP) is 5.74. The highest BCUT2D eigenvalue weighted by molar-refractivity contribution is 6.26. The van der Waals surface area contributed by atoms with Gasteiger partial charge in [0, 0.05) is 0 Å². The van der Waals surface area contributed by atoms with Crippen LogP contribution in [0, 0.1) is 11.8 Å². The van der Waals surface area contributed by atoms with Gasteiger partial charge in [-0.05, 0) is 43.8 Å². The maximum atomic E-state index is 15.6. The second kappa shape index (κ2) is 8.62. The van der Waals surface area contributed by atoms with Crippen LogP contribution in [0.15, 0.2) is 109 Å². The van der Waals surface area contributed by atoms with Crippen molar-refractivity contribution in [2.75, 3.05) is 14.2 Å². The van der Waals surface area contributed by atoms with Crippen LogP contribution in [-0.2, 0) is 34.7 Å². The Morgan fingerprint density at radius 2 is 0.850 bits per heavy atom. The summed E-state index contributed by atoms with van der Waals surface area (Å²) in [6, 6.07) is 34.7. The number of hydrogen-bond acceptors (Lipinski definition) is 5. The van der Waals surface area contributed by atoms with Crippen LogP contribution in [0.4, 0.5) is 0 Å². The summed E-state index contributed by atoms with van der Waals surface area (Å²) in [5.74, 6) is -3.73. The molecule has 4 atom stereocenters. The molecule has 5 heteroatoms. The lowest BCUT2D eigenvalue weighted by atomic mass is 9.58. The molecule has 0 amide bonds. The Morgan fingerprint density at radius 1 is 0.525 bits per heavy atom. The van der Waals surface area contributed by atoms with Crippen molar-refractivity contribution in [2.45, 2.75) is 10.8 Å². The predicted molar refractivity (Wildman–Crippen MR) is 152 cm³/mol. The molecule has 0 radical (unpaired) electrons. The Hall–Kier alpha value is -4.77. The smallest absolute Gasteiger partial charge is 0.311 e. The zero-order valence-corrected chi connectivity index (χ0v) is 22.1. The second-order valence-corrected chi connectivity index (χ2v) is 10.5. The summed E-state index contributed by atoms with van der Waals surface area (Å²) in [4.78, 5) is 43.5. The summed E-state index contributed by atoms with van der Waals surface area (Å²) >= 11 is 0. The number of rotatable bonds is 4. The second-order valence-electron chi connectivity index (χ2n) is 10.5. The van der Waals surface area contributed by atoms with Gasteiger partial charge in [-0.3, -0.25) is 14.4 Å². The Labute approximate surface area is 231 Å². The number of benzene rings is 5. The number of ether oxygens (including phenoxy) is 2. The van der Waals surface area contributed by atoms with Gasteiger partial charge in [-0.25, -0.2) is 0 Å². The summed E-state index contributed by atoms with van der Waals surface area (Å²) in [5, 5.41) is 3.72. The SMILES string of the molecule is COC(=O)[C@@H]1[C@H](C(=O)OC)[C@@]2(c3ccccc3)C(=O)[C@]1(c1ccccc1)c1c2c2ccccc2c2ccccc12. The van der Waals surface area contributed by atoms with Crippen LogP contribution in [0.5, 0.6) is 0 Å². The van der Waals surface area contributed by atoms with Crippen LogP contribution in [0.3, 0.4) is 0 Å². The summed E-state index contributed by atoms with van der Waals surface area (Å²) in [6.45, 7) is 0. The van der Waals surface area contributed by atoms with E-state index in [2.05, 4.69) is 0 Å². The highest BCUT2D eigenvalue weighted by Crippen LogP contribution is 2.71. The summed E-state index contributed by atoms with van der Waals surface area (Å²) in [6.07, 6.45) is 0. The van der Waals surface area contributed by atoms with Crippen molar-refractivity contribution in [1.82, 2.24) is 0 Å². The first-order valence-electron chi connectivity index (χ1n) is 13.3. The van der Waals surface area contributed by atoms with E-state index < -0.39 is 34.6 Å². The Morgan fingerprint density at radius 3 is 1.20 bits per heavy atom. The van der Waals surface area contributed by atoms with Gasteiger partial charge in [0.05, 0.1) is 36.9 Å². The van der Waals surface area contributed by atoms with Crippen LogP contribution < -0.4 is 0 Å². The van der Waals surface area contributed by atoms with Crippen LogP contribution in [0.25, 0.3) is 21.5 Å². The molecule has 2 aliphatic carbocycles. The summed E-state index contributed by atoms with van der Waals surface area (Å²) in [5.41, 5.74) is -0.137. The Balaban J connectivity index is 1.82. The molecule has 2 bridgehead atoms. The minimum Gasteiger partial charge on any atom is -0.469 e. The molecule has 2 aliphatic rings. The topological polar surface area (TPSA) is 69.7 Å². The molecule has 0 saturated heterocycles. The standard InChI is InChI=1S/C35H26O5/c1-39-31(36)29-30(32(37)40-2)35(22-15-7-4-8-16-22)28-26-20-12-10-18-24(26)23-17-9-11-19-25(23)27(28)34(29,33(35)38)21-13-5-3-6-14-21/h3-20,29-30H,1-2H3/t29-,30+,34+,35-. The number of ketones is 1. The van der Waals surface area contributed by atoms with Gasteiger partial charge in [-0.1, -0.05) is 109 Å². The number of Topliss-reactive ketones (excluding diaryl/α,β-unsaturated/α-hetero) is 1. The first-order chi connectivity index (χ1) is 19.5. The molecule has 0 aliphatic heterocycles. The fraction of sp³-hybridized carbons (Fsp3) is 0.171. The number of methoxy groups -OCH3 is 2. The van der Waals surface area contributed by atoms with Crippen LogP contribution in [-0.4, -0.2) is 31.9 Å². The average Bonchev–Trinajstić information content (AvgIpc) is 3.41. The van der Waals surface area contributed by atoms with E-state index in [9.17, 15) is 9.59 Å². The van der Waals surface area contributed by atoms with E-state index in [0.717, 1.165) is 32.7 Å². The lowest BCUT2D eigenvalue weighted by molar-refractivity contribution is -0.159. The maximum absolute atomic E-state index is 15.6. The molecule has 5 nitrogen and oxygen atoms in total. The van der Waals surface area contributed by atoms with Crippen molar-refractivity contribution in [3.05, 3.63) is 131 Å². The molecule has 0 aromatic heterocycles. The third kappa shape index (κ3) is 2.69. The highest BCUT2D eigenvalue weighted by atomic mass is 16.5. The van der Waals surface area contributed by atoms with E-state index in [1.54, 1.807) is 0 Å². The molecule has 196 valence electrons. The third-order valence-corrected chi connectivity index (χ3v) is 9.07. The molecule has 40 heavy (non-hydrogen) atoms. The molecule has 0 spiro atoms. The first kappa shape index (κ1) is 24.3. The van der Waals surface area contributed by atoms with Gasteiger partial charge in [0.15, 0.2) is 5.78 Å². The van der Waals surface area contributed by atoms with Gasteiger partial charge in [0.2, 0.25) is 0 Å². The number of carbonyl (C=O) groups is 3. The fourth-order valence-electron chi connectivity index (χ4n) is 7.78. The minimum absolute atomic E-state index is 0.209. The lowest BCUT2D eigenvalue weighted by Crippen LogP contribution is -2.48. The molecular weight excluding hydrogens is 500 g/mol. The Kier molecular flexibility index (Phi) is 5.23. The molecule has 0 heterocycles. The monoisotopic (exact) mass is 526 g/mol. The van der Waals surface area contributed by atoms with Crippen molar-refractivity contribution < 1.29 is 23.9 Å². The van der Waals surface area contributed by atoms with E-state index in [1.165, 1.54) is 14.2 Å². The van der Waals surface area contributed by atoms with Crippen molar-refractivity contribution in [2.24, 2.45) is 11.8 Å². The first-order valence-corrected chi connectivity index (χ1v) is 13.3. The van der Waals surface area contributed by atoms with Gasteiger partial charge in [0.25, 0.3) is 0 Å². The molecule has 7 rings (SSSR count). The quantitative estimate of drug-likeness (QED) is 0.221. The summed E-state index contributed by atoms with van der Waals surface area (Å²) < 4.78 is 10.8. The lowest BCUT2D eigenvalue weighted by Gasteiger charge is -2.41. The zero-order chi connectivity index (χ0) is 27.6. The van der Waals surface area contributed by atoms with Gasteiger partial charge >= 0.3 is 11.9 Å². The normalized spacial score (nSPS) is 24.7. The molecule has 1 fully saturated rings. The average molecular weight is 527 g/mol. The number of hydrogen-bond donors (Lipinski definition) is 0. The van der Waals surface area contributed by atoms with Crippen molar-refractivity contribution in [3.8, 4) is 0 Å². The van der Waals surface area contributed by atoms with Gasteiger partial charge in [-0.15, -0.1) is 0 Å². The van der Waals surface area contributed by atoms with Crippen LogP contribution >= 0.6 is 0 Å². The van der Waals surface area contributed by atoms with Gasteiger partial charge < -0.3 is 9.47 Å². The number of fused-ring (bicyclic) bond motifs is 10. The van der Waals surface area contributed by atoms with E-state index >= 15 is 4.79 Å². The molecule has 0 unspecified atom stereocenters. The molecular formula is C35H26O5. The van der Waals surface area contributed by atoms with Crippen LogP contribution in [0.1, 0.15) is 22.3 Å². The zero-order valence-electron chi connectivity index (χ0n) is 22.1. The van der Waals surface area contributed by atoms with Crippen molar-refractivity contribution in [3.63, 3.8) is 0 Å². The van der Waals surface area contributed by atoms with Crippen LogP contribution in [0.2, 0.25) is 0 Å². The highest BCUT2D eigenvalue weighted by Gasteiger charge is 2.80. The molecule has 5 aromatic rings. The maximum Gasteiger partial charge on any atom is 0.311 e. The number of carbonyl (C=O) groups excluding carboxylic acids is 3.